The number of amides is 2. The Hall–Kier alpha value is -2.16. The molecule has 6 nitrogen and oxygen atoms in total. The summed E-state index contributed by atoms with van der Waals surface area (Å²) in [6, 6.07) is 10.9. The predicted octanol–water partition coefficient (Wildman–Crippen LogP) is 2.52. The van der Waals surface area contributed by atoms with Crippen LogP contribution in [0.2, 0.25) is 0 Å². The largest absolute Gasteiger partial charge is 0.477 e. The van der Waals surface area contributed by atoms with Crippen molar-refractivity contribution in [2.24, 2.45) is 0 Å². The molecular formula is C18H20IN3O3. The Morgan fingerprint density at radius 2 is 1.96 bits per heavy atom. The van der Waals surface area contributed by atoms with Gasteiger partial charge in [0.1, 0.15) is 0 Å². The van der Waals surface area contributed by atoms with E-state index in [1.807, 2.05) is 25.1 Å². The molecule has 2 N–H and O–H groups in total. The molecule has 25 heavy (non-hydrogen) atoms. The molecule has 2 aromatic rings. The molecule has 2 amide bonds. The third-order valence-electron chi connectivity index (χ3n) is 3.30. The second-order valence-electron chi connectivity index (χ2n) is 5.26. The lowest BCUT2D eigenvalue weighted by atomic mass is 10.2. The summed E-state index contributed by atoms with van der Waals surface area (Å²) < 4.78 is 6.39. The Morgan fingerprint density at radius 3 is 2.72 bits per heavy atom. The number of benzene rings is 1. The minimum Gasteiger partial charge on any atom is -0.477 e. The quantitative estimate of drug-likeness (QED) is 0.603. The molecule has 1 aromatic carbocycles. The van der Waals surface area contributed by atoms with Crippen molar-refractivity contribution in [3.63, 3.8) is 0 Å². The van der Waals surface area contributed by atoms with Crippen LogP contribution >= 0.6 is 22.6 Å². The number of nitrogens with zero attached hydrogens (tertiary/aromatic N) is 1. The normalized spacial score (nSPS) is 10.2. The Balaban J connectivity index is 1.83. The van der Waals surface area contributed by atoms with Gasteiger partial charge in [0.15, 0.2) is 0 Å². The van der Waals surface area contributed by atoms with Crippen molar-refractivity contribution in [3.05, 3.63) is 57.3 Å². The van der Waals surface area contributed by atoms with Crippen LogP contribution in [0.4, 0.5) is 0 Å². The maximum Gasteiger partial charge on any atom is 0.252 e. The highest BCUT2D eigenvalue weighted by Crippen LogP contribution is 2.14. The number of rotatable bonds is 8. The molecule has 1 aromatic heterocycles. The number of aromatic nitrogens is 1. The smallest absolute Gasteiger partial charge is 0.252 e. The van der Waals surface area contributed by atoms with Crippen LogP contribution in [0.25, 0.3) is 0 Å². The minimum atomic E-state index is -0.274. The standard InChI is InChI=1S/C18H20IN3O3/c1-2-10-25-18-13(6-5-9-20-18)11-21-16(23)12-22-17(24)14-7-3-4-8-15(14)19/h3-9H,2,10-12H2,1H3,(H,21,23)(H,22,24). The second kappa shape index (κ2) is 9.97. The number of carbonyl (C=O) groups is 2. The van der Waals surface area contributed by atoms with Gasteiger partial charge in [0.2, 0.25) is 11.8 Å². The summed E-state index contributed by atoms with van der Waals surface area (Å²) in [5.74, 6) is -0.0226. The zero-order valence-electron chi connectivity index (χ0n) is 13.9. The van der Waals surface area contributed by atoms with Crippen LogP contribution in [0.15, 0.2) is 42.6 Å². The van der Waals surface area contributed by atoms with Crippen LogP contribution in [-0.2, 0) is 11.3 Å². The monoisotopic (exact) mass is 453 g/mol. The van der Waals surface area contributed by atoms with Gasteiger partial charge >= 0.3 is 0 Å². The lowest BCUT2D eigenvalue weighted by molar-refractivity contribution is -0.120. The molecule has 0 atom stereocenters. The van der Waals surface area contributed by atoms with Gasteiger partial charge in [-0.1, -0.05) is 25.1 Å². The maximum absolute atomic E-state index is 12.1. The molecule has 0 aliphatic heterocycles. The zero-order chi connectivity index (χ0) is 18.1. The lowest BCUT2D eigenvalue weighted by Gasteiger charge is -2.11. The summed E-state index contributed by atoms with van der Waals surface area (Å²) >= 11 is 2.09. The van der Waals surface area contributed by atoms with E-state index in [2.05, 4.69) is 38.2 Å². The Bertz CT molecular complexity index is 737. The molecule has 1 heterocycles. The number of hydrogen-bond donors (Lipinski definition) is 2. The van der Waals surface area contributed by atoms with E-state index in [1.54, 1.807) is 24.4 Å². The number of ether oxygens (including phenoxy) is 1. The van der Waals surface area contributed by atoms with E-state index < -0.39 is 0 Å². The van der Waals surface area contributed by atoms with Crippen molar-refractivity contribution in [2.45, 2.75) is 19.9 Å². The summed E-state index contributed by atoms with van der Waals surface area (Å²) in [5.41, 5.74) is 1.35. The summed E-state index contributed by atoms with van der Waals surface area (Å²) in [6.45, 7) is 2.80. The first-order chi connectivity index (χ1) is 12.1. The fourth-order valence-corrected chi connectivity index (χ4v) is 2.68. The highest BCUT2D eigenvalue weighted by atomic mass is 127. The molecule has 0 saturated carbocycles. The summed E-state index contributed by atoms with van der Waals surface area (Å²) in [4.78, 5) is 28.2. The molecule has 0 bridgehead atoms. The van der Waals surface area contributed by atoms with E-state index in [1.165, 1.54) is 0 Å². The molecule has 7 heteroatoms. The van der Waals surface area contributed by atoms with Crippen LogP contribution in [0.1, 0.15) is 29.3 Å². The first-order valence-electron chi connectivity index (χ1n) is 7.98. The lowest BCUT2D eigenvalue weighted by Crippen LogP contribution is -2.36. The maximum atomic E-state index is 12.1. The van der Waals surface area contributed by atoms with Gasteiger partial charge in [-0.05, 0) is 47.2 Å². The molecule has 0 aliphatic rings. The summed E-state index contributed by atoms with van der Waals surface area (Å²) in [5, 5.41) is 5.38. The summed E-state index contributed by atoms with van der Waals surface area (Å²) in [7, 11) is 0. The van der Waals surface area contributed by atoms with Crippen molar-refractivity contribution in [1.29, 1.82) is 0 Å². The fourth-order valence-electron chi connectivity index (χ4n) is 2.04. The Morgan fingerprint density at radius 1 is 1.16 bits per heavy atom. The van der Waals surface area contributed by atoms with Crippen LogP contribution in [0.3, 0.4) is 0 Å². The van der Waals surface area contributed by atoms with Crippen LogP contribution < -0.4 is 15.4 Å². The number of pyridine rings is 1. The van der Waals surface area contributed by atoms with E-state index >= 15 is 0 Å². The first kappa shape index (κ1) is 19.2. The van der Waals surface area contributed by atoms with Crippen LogP contribution in [0.5, 0.6) is 5.88 Å². The molecule has 0 spiro atoms. The van der Waals surface area contributed by atoms with E-state index in [0.717, 1.165) is 15.6 Å². The molecule has 0 aliphatic carbocycles. The van der Waals surface area contributed by atoms with Gasteiger partial charge in [-0.15, -0.1) is 0 Å². The van der Waals surface area contributed by atoms with Gasteiger partial charge in [0.05, 0.1) is 18.7 Å². The molecule has 0 saturated heterocycles. The third-order valence-corrected chi connectivity index (χ3v) is 4.24. The molecule has 2 rings (SSSR count). The fraction of sp³-hybridized carbons (Fsp3) is 0.278. The van der Waals surface area contributed by atoms with Crippen LogP contribution in [-0.4, -0.2) is 29.9 Å². The molecule has 132 valence electrons. The summed E-state index contributed by atoms with van der Waals surface area (Å²) in [6.07, 6.45) is 2.53. The van der Waals surface area contributed by atoms with Crippen LogP contribution in [0, 0.1) is 3.57 Å². The third kappa shape index (κ3) is 6.00. The van der Waals surface area contributed by atoms with Gasteiger partial charge in [-0.25, -0.2) is 4.98 Å². The van der Waals surface area contributed by atoms with E-state index in [-0.39, 0.29) is 18.4 Å². The Labute approximate surface area is 160 Å². The topological polar surface area (TPSA) is 80.3 Å². The Kier molecular flexibility index (Phi) is 7.65. The van der Waals surface area contributed by atoms with Crippen molar-refractivity contribution >= 4 is 34.4 Å². The van der Waals surface area contributed by atoms with Crippen molar-refractivity contribution in [1.82, 2.24) is 15.6 Å². The van der Waals surface area contributed by atoms with Crippen molar-refractivity contribution in [3.8, 4) is 5.88 Å². The highest BCUT2D eigenvalue weighted by molar-refractivity contribution is 14.1. The van der Waals surface area contributed by atoms with Gasteiger partial charge in [-0.2, -0.15) is 0 Å². The van der Waals surface area contributed by atoms with E-state index in [0.29, 0.717) is 24.6 Å². The van der Waals surface area contributed by atoms with Gasteiger partial charge < -0.3 is 15.4 Å². The highest BCUT2D eigenvalue weighted by Gasteiger charge is 2.11. The van der Waals surface area contributed by atoms with Crippen molar-refractivity contribution in [2.75, 3.05) is 13.2 Å². The first-order valence-corrected chi connectivity index (χ1v) is 9.05. The van der Waals surface area contributed by atoms with Gasteiger partial charge in [-0.3, -0.25) is 9.59 Å². The molecule has 0 fully saturated rings. The van der Waals surface area contributed by atoms with Crippen molar-refractivity contribution < 1.29 is 14.3 Å². The molecule has 0 radical (unpaired) electrons. The predicted molar refractivity (Wildman–Crippen MR) is 103 cm³/mol. The van der Waals surface area contributed by atoms with E-state index in [4.69, 9.17) is 4.74 Å². The van der Waals surface area contributed by atoms with E-state index in [9.17, 15) is 9.59 Å². The van der Waals surface area contributed by atoms with Gasteiger partial charge in [0.25, 0.3) is 5.91 Å². The number of hydrogen-bond acceptors (Lipinski definition) is 4. The van der Waals surface area contributed by atoms with Gasteiger partial charge in [0, 0.05) is 21.9 Å². The second-order valence-corrected chi connectivity index (χ2v) is 6.42. The minimum absolute atomic E-state index is 0.0881. The SMILES string of the molecule is CCCOc1ncccc1CNC(=O)CNC(=O)c1ccccc1I. The zero-order valence-corrected chi connectivity index (χ0v) is 16.1. The average molecular weight is 453 g/mol. The number of nitrogens with one attached hydrogen (secondary N) is 2. The molecule has 0 unspecified atom stereocenters. The molecular weight excluding hydrogens is 433 g/mol. The number of carbonyl (C=O) groups excluding carboxylic acids is 2. The average Bonchev–Trinajstić information content (AvgIpc) is 2.63. The number of halogens is 1.